The van der Waals surface area contributed by atoms with Crippen LogP contribution in [-0.4, -0.2) is 28.5 Å². The summed E-state index contributed by atoms with van der Waals surface area (Å²) in [7, 11) is 0. The van der Waals surface area contributed by atoms with E-state index in [1.54, 1.807) is 24.3 Å². The normalized spacial score (nSPS) is 15.4. The highest BCUT2D eigenvalue weighted by molar-refractivity contribution is 9.10. The minimum absolute atomic E-state index is 0.242. The molecule has 2 N–H and O–H groups in total. The molecule has 0 saturated carbocycles. The van der Waals surface area contributed by atoms with Crippen LogP contribution in [0.25, 0.3) is 6.08 Å². The van der Waals surface area contributed by atoms with Gasteiger partial charge in [0.25, 0.3) is 11.1 Å². The molecule has 2 aromatic rings. The molecular formula is C19H15BrN2O4S. The Bertz CT molecular complexity index is 928. The summed E-state index contributed by atoms with van der Waals surface area (Å²) in [5.41, 5.74) is 6.81. The van der Waals surface area contributed by atoms with Gasteiger partial charge in [0.05, 0.1) is 4.91 Å². The monoisotopic (exact) mass is 446 g/mol. The summed E-state index contributed by atoms with van der Waals surface area (Å²) < 4.78 is 6.78. The van der Waals surface area contributed by atoms with E-state index in [1.807, 2.05) is 30.3 Å². The number of nitrogens with zero attached hydrogens (tertiary/aromatic N) is 1. The molecule has 8 heteroatoms. The fourth-order valence-electron chi connectivity index (χ4n) is 2.38. The van der Waals surface area contributed by atoms with Crippen molar-refractivity contribution in [2.75, 3.05) is 6.54 Å². The van der Waals surface area contributed by atoms with Crippen molar-refractivity contribution in [3.63, 3.8) is 0 Å². The molecule has 27 heavy (non-hydrogen) atoms. The van der Waals surface area contributed by atoms with E-state index >= 15 is 0 Å². The molecule has 0 spiro atoms. The molecule has 2 aromatic carbocycles. The number of halogens is 1. The maximum atomic E-state index is 12.3. The Kier molecular flexibility index (Phi) is 5.98. The molecule has 3 amide bonds. The first kappa shape index (κ1) is 19.2. The number of ether oxygens (including phenoxy) is 1. The third-order valence-corrected chi connectivity index (χ3v) is 5.10. The number of primary amides is 1. The number of carbonyl (C=O) groups excluding carboxylic acids is 3. The maximum Gasteiger partial charge on any atom is 0.294 e. The maximum absolute atomic E-state index is 12.3. The number of amides is 3. The van der Waals surface area contributed by atoms with Gasteiger partial charge in [-0.25, -0.2) is 0 Å². The standard InChI is InChI=1S/C19H15BrN2O4S/c20-14-6-4-12(5-7-14)11-26-15-3-1-2-13(8-15)9-16-18(24)22(10-17(21)23)19(25)27-16/h1-9H,10-11H2,(H2,21,23)/b16-9-. The van der Waals surface area contributed by atoms with E-state index in [0.29, 0.717) is 17.9 Å². The molecule has 138 valence electrons. The lowest BCUT2D eigenvalue weighted by molar-refractivity contribution is -0.127. The fraction of sp³-hybridized carbons (Fsp3) is 0.105. The van der Waals surface area contributed by atoms with Gasteiger partial charge in [0.1, 0.15) is 18.9 Å². The summed E-state index contributed by atoms with van der Waals surface area (Å²) in [6.07, 6.45) is 1.60. The number of rotatable bonds is 6. The highest BCUT2D eigenvalue weighted by Gasteiger charge is 2.35. The number of hydrogen-bond acceptors (Lipinski definition) is 5. The van der Waals surface area contributed by atoms with Crippen LogP contribution in [0.3, 0.4) is 0 Å². The van der Waals surface area contributed by atoms with Crippen molar-refractivity contribution in [2.24, 2.45) is 5.73 Å². The third-order valence-electron chi connectivity index (χ3n) is 3.66. The van der Waals surface area contributed by atoms with Crippen LogP contribution in [0.4, 0.5) is 4.79 Å². The molecule has 0 unspecified atom stereocenters. The van der Waals surface area contributed by atoms with Gasteiger partial charge in [-0.2, -0.15) is 0 Å². The van der Waals surface area contributed by atoms with Crippen molar-refractivity contribution in [2.45, 2.75) is 6.61 Å². The van der Waals surface area contributed by atoms with Crippen LogP contribution in [0, 0.1) is 0 Å². The lowest BCUT2D eigenvalue weighted by Gasteiger charge is -2.09. The average Bonchev–Trinajstić information content (AvgIpc) is 2.89. The van der Waals surface area contributed by atoms with Gasteiger partial charge in [-0.15, -0.1) is 0 Å². The molecule has 6 nitrogen and oxygen atoms in total. The largest absolute Gasteiger partial charge is 0.489 e. The van der Waals surface area contributed by atoms with Crippen molar-refractivity contribution >= 4 is 50.8 Å². The second-order valence-corrected chi connectivity index (χ2v) is 7.63. The summed E-state index contributed by atoms with van der Waals surface area (Å²) in [6, 6.07) is 15.0. The predicted octanol–water partition coefficient (Wildman–Crippen LogP) is 3.55. The fourth-order valence-corrected chi connectivity index (χ4v) is 3.49. The van der Waals surface area contributed by atoms with Gasteiger partial charge in [0.2, 0.25) is 5.91 Å². The quantitative estimate of drug-likeness (QED) is 0.685. The van der Waals surface area contributed by atoms with Gasteiger partial charge in [-0.05, 0) is 53.2 Å². The first-order valence-electron chi connectivity index (χ1n) is 7.93. The van der Waals surface area contributed by atoms with Crippen LogP contribution in [-0.2, 0) is 16.2 Å². The van der Waals surface area contributed by atoms with Gasteiger partial charge < -0.3 is 10.5 Å². The molecule has 0 aliphatic carbocycles. The van der Waals surface area contributed by atoms with Crippen LogP contribution in [0.5, 0.6) is 5.75 Å². The molecule has 1 aliphatic heterocycles. The first-order valence-corrected chi connectivity index (χ1v) is 9.54. The van der Waals surface area contributed by atoms with Crippen LogP contribution in [0.2, 0.25) is 0 Å². The highest BCUT2D eigenvalue weighted by atomic mass is 79.9. The van der Waals surface area contributed by atoms with Crippen molar-refractivity contribution in [1.82, 2.24) is 4.90 Å². The third kappa shape index (κ3) is 4.99. The Hall–Kier alpha value is -2.58. The van der Waals surface area contributed by atoms with Crippen LogP contribution in [0.1, 0.15) is 11.1 Å². The van der Waals surface area contributed by atoms with Crippen molar-refractivity contribution < 1.29 is 19.1 Å². The number of thioether (sulfide) groups is 1. The predicted molar refractivity (Wildman–Crippen MR) is 107 cm³/mol. The highest BCUT2D eigenvalue weighted by Crippen LogP contribution is 2.32. The van der Waals surface area contributed by atoms with Crippen molar-refractivity contribution in [3.8, 4) is 5.75 Å². The topological polar surface area (TPSA) is 89.7 Å². The minimum Gasteiger partial charge on any atom is -0.489 e. The van der Waals surface area contributed by atoms with E-state index in [9.17, 15) is 14.4 Å². The Morgan fingerprint density at radius 1 is 1.19 bits per heavy atom. The summed E-state index contributed by atoms with van der Waals surface area (Å²) in [6.45, 7) is -0.00971. The molecule has 1 aliphatic rings. The van der Waals surface area contributed by atoms with E-state index in [-0.39, 0.29) is 4.91 Å². The second-order valence-electron chi connectivity index (χ2n) is 5.72. The molecule has 0 aromatic heterocycles. The van der Waals surface area contributed by atoms with Gasteiger partial charge in [-0.3, -0.25) is 19.3 Å². The van der Waals surface area contributed by atoms with Gasteiger partial charge in [-0.1, -0.05) is 40.2 Å². The number of benzene rings is 2. The molecule has 1 heterocycles. The first-order chi connectivity index (χ1) is 12.9. The number of carbonyl (C=O) groups is 3. The Labute approximate surface area is 168 Å². The molecule has 1 fully saturated rings. The lowest BCUT2D eigenvalue weighted by atomic mass is 10.2. The summed E-state index contributed by atoms with van der Waals surface area (Å²) in [4.78, 5) is 36.2. The number of hydrogen-bond donors (Lipinski definition) is 1. The number of nitrogens with two attached hydrogens (primary N) is 1. The SMILES string of the molecule is NC(=O)CN1C(=O)S/C(=C\c2cccc(OCc3ccc(Br)cc3)c2)C1=O. The van der Waals surface area contributed by atoms with Crippen molar-refractivity contribution in [1.29, 1.82) is 0 Å². The van der Waals surface area contributed by atoms with E-state index in [1.165, 1.54) is 0 Å². The summed E-state index contributed by atoms with van der Waals surface area (Å²) >= 11 is 4.17. The van der Waals surface area contributed by atoms with E-state index in [4.69, 9.17) is 10.5 Å². The van der Waals surface area contributed by atoms with Crippen LogP contribution >= 0.6 is 27.7 Å². The zero-order valence-electron chi connectivity index (χ0n) is 14.1. The van der Waals surface area contributed by atoms with Gasteiger partial charge in [0, 0.05) is 4.47 Å². The molecule has 0 radical (unpaired) electrons. The second kappa shape index (κ2) is 8.41. The van der Waals surface area contributed by atoms with E-state index in [2.05, 4.69) is 15.9 Å². The van der Waals surface area contributed by atoms with E-state index < -0.39 is 23.6 Å². The zero-order chi connectivity index (χ0) is 19.4. The van der Waals surface area contributed by atoms with E-state index in [0.717, 1.165) is 26.7 Å². The molecule has 0 bridgehead atoms. The Morgan fingerprint density at radius 3 is 2.63 bits per heavy atom. The molecule has 1 saturated heterocycles. The summed E-state index contributed by atoms with van der Waals surface area (Å²) in [5, 5.41) is -0.507. The zero-order valence-corrected chi connectivity index (χ0v) is 16.5. The minimum atomic E-state index is -0.734. The van der Waals surface area contributed by atoms with Crippen LogP contribution in [0.15, 0.2) is 57.9 Å². The average molecular weight is 447 g/mol. The van der Waals surface area contributed by atoms with Crippen molar-refractivity contribution in [3.05, 3.63) is 69.0 Å². The Balaban J connectivity index is 1.71. The smallest absolute Gasteiger partial charge is 0.294 e. The van der Waals surface area contributed by atoms with Crippen LogP contribution < -0.4 is 10.5 Å². The molecule has 0 atom stereocenters. The Morgan fingerprint density at radius 2 is 1.93 bits per heavy atom. The molecular weight excluding hydrogens is 432 g/mol. The van der Waals surface area contributed by atoms with Gasteiger partial charge >= 0.3 is 0 Å². The molecule has 3 rings (SSSR count). The number of imide groups is 1. The summed E-state index contributed by atoms with van der Waals surface area (Å²) in [5.74, 6) is -0.616. The van der Waals surface area contributed by atoms with Gasteiger partial charge in [0.15, 0.2) is 0 Å². The lowest BCUT2D eigenvalue weighted by Crippen LogP contribution is -2.36.